The fraction of sp³-hybridized carbons (Fsp3) is 0.0370. The molecule has 4 aromatic rings. The van der Waals surface area contributed by atoms with Gasteiger partial charge < -0.3 is 9.84 Å². The Morgan fingerprint density at radius 2 is 1.21 bits per heavy atom. The normalized spacial score (nSPS) is 11.2. The van der Waals surface area contributed by atoms with Crippen LogP contribution in [0.15, 0.2) is 109 Å². The zero-order valence-corrected chi connectivity index (χ0v) is 16.0. The number of rotatable bonds is 6. The second-order valence-electron chi connectivity index (χ2n) is 6.81. The largest absolute Gasteiger partial charge is 0.508 e. The van der Waals surface area contributed by atoms with Gasteiger partial charge in [0.25, 0.3) is 0 Å². The van der Waals surface area contributed by atoms with Gasteiger partial charge in [0.1, 0.15) is 18.1 Å². The smallest absolute Gasteiger partial charge is 0.119 e. The predicted molar refractivity (Wildman–Crippen MR) is 119 cm³/mol. The molecule has 0 bridgehead atoms. The first-order valence-corrected chi connectivity index (χ1v) is 9.61. The van der Waals surface area contributed by atoms with E-state index in [-0.39, 0.29) is 5.75 Å². The molecular weight excluding hydrogens is 356 g/mol. The van der Waals surface area contributed by atoms with Crippen molar-refractivity contribution in [3.63, 3.8) is 0 Å². The molecule has 1 N–H and O–H groups in total. The minimum absolute atomic E-state index is 0.262. The summed E-state index contributed by atoms with van der Waals surface area (Å²) in [6, 6.07) is 35.8. The Bertz CT molecular complexity index is 1060. The summed E-state index contributed by atoms with van der Waals surface area (Å²) in [6.45, 7) is 0.546. The number of aromatic hydroxyl groups is 1. The Labute approximate surface area is 171 Å². The van der Waals surface area contributed by atoms with E-state index < -0.39 is 0 Å². The molecule has 2 heteroatoms. The van der Waals surface area contributed by atoms with Gasteiger partial charge in [0.2, 0.25) is 0 Å². The highest BCUT2D eigenvalue weighted by atomic mass is 16.5. The van der Waals surface area contributed by atoms with E-state index in [2.05, 4.69) is 42.5 Å². The fourth-order valence-corrected chi connectivity index (χ4v) is 3.16. The van der Waals surface area contributed by atoms with E-state index in [1.54, 1.807) is 12.1 Å². The number of hydrogen-bond acceptors (Lipinski definition) is 2. The second-order valence-corrected chi connectivity index (χ2v) is 6.81. The molecular formula is C27H22O2. The summed E-state index contributed by atoms with van der Waals surface area (Å²) < 4.78 is 5.91. The van der Waals surface area contributed by atoms with E-state index >= 15 is 0 Å². The standard InChI is InChI=1S/C27H22O2/c28-25-15-11-23(12-16-25)27(19-21-7-3-1-4-8-21)24-13-17-26(18-14-24)29-20-22-9-5-2-6-10-22/h1-19,28H,20H2/b27-19+. The molecule has 0 spiro atoms. The number of ether oxygens (including phenoxy) is 1. The lowest BCUT2D eigenvalue weighted by molar-refractivity contribution is 0.306. The van der Waals surface area contributed by atoms with Crippen molar-refractivity contribution < 1.29 is 9.84 Å². The summed E-state index contributed by atoms with van der Waals surface area (Å²) in [6.07, 6.45) is 2.16. The lowest BCUT2D eigenvalue weighted by atomic mass is 9.95. The maximum absolute atomic E-state index is 9.65. The lowest BCUT2D eigenvalue weighted by Crippen LogP contribution is -1.95. The van der Waals surface area contributed by atoms with Crippen LogP contribution in [0.25, 0.3) is 11.6 Å². The van der Waals surface area contributed by atoms with Crippen LogP contribution in [0.4, 0.5) is 0 Å². The van der Waals surface area contributed by atoms with Crippen molar-refractivity contribution >= 4 is 11.6 Å². The molecule has 0 atom stereocenters. The summed E-state index contributed by atoms with van der Waals surface area (Å²) in [4.78, 5) is 0. The average Bonchev–Trinajstić information content (AvgIpc) is 2.79. The van der Waals surface area contributed by atoms with Crippen LogP contribution in [0.3, 0.4) is 0 Å². The molecule has 2 nitrogen and oxygen atoms in total. The first kappa shape index (κ1) is 18.6. The molecule has 29 heavy (non-hydrogen) atoms. The Kier molecular flexibility index (Phi) is 5.73. The molecule has 0 radical (unpaired) electrons. The summed E-state index contributed by atoms with van der Waals surface area (Å²) in [5, 5.41) is 9.65. The number of benzene rings is 4. The van der Waals surface area contributed by atoms with Crippen LogP contribution < -0.4 is 4.74 Å². The van der Waals surface area contributed by atoms with Crippen LogP contribution in [0, 0.1) is 0 Å². The molecule has 142 valence electrons. The molecule has 0 fully saturated rings. The zero-order chi connectivity index (χ0) is 19.9. The van der Waals surface area contributed by atoms with Gasteiger partial charge in [-0.2, -0.15) is 0 Å². The van der Waals surface area contributed by atoms with E-state index in [1.807, 2.05) is 60.7 Å². The molecule has 0 aromatic heterocycles. The summed E-state index contributed by atoms with van der Waals surface area (Å²) in [7, 11) is 0. The third kappa shape index (κ3) is 4.94. The Hall–Kier alpha value is -3.78. The molecule has 0 aliphatic rings. The van der Waals surface area contributed by atoms with Gasteiger partial charge in [-0.25, -0.2) is 0 Å². The zero-order valence-electron chi connectivity index (χ0n) is 16.0. The quantitative estimate of drug-likeness (QED) is 0.385. The first-order valence-electron chi connectivity index (χ1n) is 9.61. The number of phenols is 1. The molecule has 4 rings (SSSR count). The Morgan fingerprint density at radius 3 is 1.83 bits per heavy atom. The fourth-order valence-electron chi connectivity index (χ4n) is 3.16. The maximum atomic E-state index is 9.65. The topological polar surface area (TPSA) is 29.5 Å². The summed E-state index contributed by atoms with van der Waals surface area (Å²) >= 11 is 0. The van der Waals surface area contributed by atoms with Crippen molar-refractivity contribution in [2.75, 3.05) is 0 Å². The summed E-state index contributed by atoms with van der Waals surface area (Å²) in [5.74, 6) is 1.10. The van der Waals surface area contributed by atoms with Crippen LogP contribution in [0.1, 0.15) is 22.3 Å². The highest BCUT2D eigenvalue weighted by Crippen LogP contribution is 2.29. The summed E-state index contributed by atoms with van der Waals surface area (Å²) in [5.41, 5.74) is 5.49. The van der Waals surface area contributed by atoms with Crippen LogP contribution in [-0.2, 0) is 6.61 Å². The Balaban J connectivity index is 1.60. The van der Waals surface area contributed by atoms with E-state index in [9.17, 15) is 5.11 Å². The molecule has 0 aliphatic heterocycles. The molecule has 0 aliphatic carbocycles. The van der Waals surface area contributed by atoms with Crippen LogP contribution in [-0.4, -0.2) is 5.11 Å². The third-order valence-corrected chi connectivity index (χ3v) is 4.70. The minimum atomic E-state index is 0.262. The van der Waals surface area contributed by atoms with Crippen molar-refractivity contribution in [2.24, 2.45) is 0 Å². The SMILES string of the molecule is Oc1ccc(/C(=C\c2ccccc2)c2ccc(OCc3ccccc3)cc2)cc1. The van der Waals surface area contributed by atoms with Gasteiger partial charge in [-0.05, 0) is 58.2 Å². The maximum Gasteiger partial charge on any atom is 0.119 e. The minimum Gasteiger partial charge on any atom is -0.508 e. The predicted octanol–water partition coefficient (Wildman–Crippen LogP) is 6.56. The van der Waals surface area contributed by atoms with Gasteiger partial charge in [0, 0.05) is 0 Å². The van der Waals surface area contributed by atoms with Gasteiger partial charge in [0.05, 0.1) is 0 Å². The molecule has 4 aromatic carbocycles. The highest BCUT2D eigenvalue weighted by Gasteiger charge is 2.07. The van der Waals surface area contributed by atoms with Gasteiger partial charge in [-0.1, -0.05) is 84.9 Å². The van der Waals surface area contributed by atoms with Crippen molar-refractivity contribution in [2.45, 2.75) is 6.61 Å². The molecule has 0 saturated carbocycles. The van der Waals surface area contributed by atoms with Crippen molar-refractivity contribution in [1.29, 1.82) is 0 Å². The second kappa shape index (κ2) is 8.94. The monoisotopic (exact) mass is 378 g/mol. The Morgan fingerprint density at radius 1 is 0.655 bits per heavy atom. The van der Waals surface area contributed by atoms with Crippen molar-refractivity contribution in [3.8, 4) is 11.5 Å². The highest BCUT2D eigenvalue weighted by molar-refractivity contribution is 5.91. The van der Waals surface area contributed by atoms with Crippen LogP contribution in [0.2, 0.25) is 0 Å². The van der Waals surface area contributed by atoms with Gasteiger partial charge in [0.15, 0.2) is 0 Å². The van der Waals surface area contributed by atoms with Gasteiger partial charge in [-0.15, -0.1) is 0 Å². The van der Waals surface area contributed by atoms with Crippen molar-refractivity contribution in [1.82, 2.24) is 0 Å². The molecule has 0 amide bonds. The number of hydrogen-bond donors (Lipinski definition) is 1. The average molecular weight is 378 g/mol. The van der Waals surface area contributed by atoms with E-state index in [1.165, 1.54) is 0 Å². The molecule has 0 heterocycles. The first-order chi connectivity index (χ1) is 14.3. The van der Waals surface area contributed by atoms with E-state index in [0.29, 0.717) is 6.61 Å². The van der Waals surface area contributed by atoms with Gasteiger partial charge in [-0.3, -0.25) is 0 Å². The van der Waals surface area contributed by atoms with Crippen LogP contribution >= 0.6 is 0 Å². The number of phenolic OH excluding ortho intramolecular Hbond substituents is 1. The van der Waals surface area contributed by atoms with Crippen LogP contribution in [0.5, 0.6) is 11.5 Å². The third-order valence-electron chi connectivity index (χ3n) is 4.70. The molecule has 0 saturated heterocycles. The molecule has 0 unspecified atom stereocenters. The van der Waals surface area contributed by atoms with Crippen molar-refractivity contribution in [3.05, 3.63) is 131 Å². The van der Waals surface area contributed by atoms with E-state index in [4.69, 9.17) is 4.74 Å². The van der Waals surface area contributed by atoms with E-state index in [0.717, 1.165) is 33.6 Å². The lowest BCUT2D eigenvalue weighted by Gasteiger charge is -2.11. The van der Waals surface area contributed by atoms with Gasteiger partial charge >= 0.3 is 0 Å².